The number of nitro benzene ring substituents is 1. The van der Waals surface area contributed by atoms with Crippen LogP contribution < -0.4 is 10.1 Å². The van der Waals surface area contributed by atoms with Gasteiger partial charge in [0.05, 0.1) is 11.5 Å². The van der Waals surface area contributed by atoms with Crippen LogP contribution in [0.25, 0.3) is 0 Å². The van der Waals surface area contributed by atoms with Crippen LogP contribution in [-0.4, -0.2) is 24.0 Å². The summed E-state index contributed by atoms with van der Waals surface area (Å²) in [6, 6.07) is 12.3. The van der Waals surface area contributed by atoms with Gasteiger partial charge in [-0.3, -0.25) is 14.9 Å². The van der Waals surface area contributed by atoms with E-state index < -0.39 is 4.92 Å². The van der Waals surface area contributed by atoms with Crippen LogP contribution in [-0.2, 0) is 0 Å². The number of nitrogens with one attached hydrogen (secondary N) is 1. The number of carbonyl (C=O) groups is 1. The largest absolute Gasteiger partial charge is 0.491 e. The Morgan fingerprint density at radius 3 is 2.60 bits per heavy atom. The van der Waals surface area contributed by atoms with Gasteiger partial charge >= 0.3 is 0 Å². The van der Waals surface area contributed by atoms with Crippen molar-refractivity contribution in [2.45, 2.75) is 26.7 Å². The first kappa shape index (κ1) is 18.4. The summed E-state index contributed by atoms with van der Waals surface area (Å²) in [5.74, 6) is 0.804. The van der Waals surface area contributed by atoms with E-state index in [2.05, 4.69) is 19.2 Å². The number of amides is 1. The van der Waals surface area contributed by atoms with Gasteiger partial charge in [0.2, 0.25) is 0 Å². The SMILES string of the molecule is Cc1c(C(=O)NCCOc2ccccc2C(C)C)cccc1[N+](=O)[O-]. The Labute approximate surface area is 147 Å². The van der Waals surface area contributed by atoms with Gasteiger partial charge in [-0.15, -0.1) is 0 Å². The summed E-state index contributed by atoms with van der Waals surface area (Å²) >= 11 is 0. The number of para-hydroxylation sites is 1. The quantitative estimate of drug-likeness (QED) is 0.471. The van der Waals surface area contributed by atoms with Crippen LogP contribution in [0.1, 0.15) is 41.3 Å². The number of ether oxygens (including phenoxy) is 1. The molecule has 0 unspecified atom stereocenters. The molecule has 0 fully saturated rings. The normalized spacial score (nSPS) is 10.6. The Kier molecular flexibility index (Phi) is 6.11. The lowest BCUT2D eigenvalue weighted by molar-refractivity contribution is -0.385. The van der Waals surface area contributed by atoms with E-state index in [4.69, 9.17) is 4.74 Å². The van der Waals surface area contributed by atoms with Crippen molar-refractivity contribution in [3.8, 4) is 5.75 Å². The van der Waals surface area contributed by atoms with Gasteiger partial charge in [0.1, 0.15) is 12.4 Å². The lowest BCUT2D eigenvalue weighted by atomic mass is 10.0. The third-order valence-electron chi connectivity index (χ3n) is 3.93. The maximum atomic E-state index is 12.2. The van der Waals surface area contributed by atoms with Gasteiger partial charge in [0, 0.05) is 17.2 Å². The van der Waals surface area contributed by atoms with E-state index in [1.807, 2.05) is 24.3 Å². The summed E-state index contributed by atoms with van der Waals surface area (Å²) in [6.45, 7) is 6.39. The van der Waals surface area contributed by atoms with E-state index in [1.54, 1.807) is 13.0 Å². The molecule has 6 nitrogen and oxygen atoms in total. The average molecular weight is 342 g/mol. The van der Waals surface area contributed by atoms with E-state index in [0.717, 1.165) is 11.3 Å². The smallest absolute Gasteiger partial charge is 0.273 e. The van der Waals surface area contributed by atoms with Crippen molar-refractivity contribution >= 4 is 11.6 Å². The number of rotatable bonds is 7. The van der Waals surface area contributed by atoms with E-state index in [0.29, 0.717) is 30.2 Å². The molecule has 1 N–H and O–H groups in total. The summed E-state index contributed by atoms with van der Waals surface area (Å²) in [4.78, 5) is 22.7. The predicted octanol–water partition coefficient (Wildman–Crippen LogP) is 3.84. The van der Waals surface area contributed by atoms with E-state index in [-0.39, 0.29) is 11.6 Å². The summed E-state index contributed by atoms with van der Waals surface area (Å²) in [5, 5.41) is 13.7. The molecule has 1 amide bonds. The van der Waals surface area contributed by atoms with Crippen molar-refractivity contribution in [3.05, 3.63) is 69.3 Å². The molecule has 0 radical (unpaired) electrons. The van der Waals surface area contributed by atoms with Gasteiger partial charge in [0.15, 0.2) is 0 Å². The van der Waals surface area contributed by atoms with E-state index in [1.165, 1.54) is 12.1 Å². The number of hydrogen-bond acceptors (Lipinski definition) is 4. The van der Waals surface area contributed by atoms with Crippen molar-refractivity contribution in [3.63, 3.8) is 0 Å². The van der Waals surface area contributed by atoms with E-state index in [9.17, 15) is 14.9 Å². The minimum absolute atomic E-state index is 0.0604. The number of hydrogen-bond donors (Lipinski definition) is 1. The molecule has 0 atom stereocenters. The Bertz CT molecular complexity index is 772. The fraction of sp³-hybridized carbons (Fsp3) is 0.316. The standard InChI is InChI=1S/C19H22N2O4/c1-13(2)15-7-4-5-10-18(15)25-12-11-20-19(22)16-8-6-9-17(14(16)3)21(23)24/h4-10,13H,11-12H2,1-3H3,(H,20,22). The molecule has 25 heavy (non-hydrogen) atoms. The molecule has 6 heteroatoms. The monoisotopic (exact) mass is 342 g/mol. The first-order valence-electron chi connectivity index (χ1n) is 8.15. The number of benzene rings is 2. The molecule has 0 aliphatic carbocycles. The molecule has 132 valence electrons. The highest BCUT2D eigenvalue weighted by Crippen LogP contribution is 2.25. The topological polar surface area (TPSA) is 81.5 Å². The summed E-state index contributed by atoms with van der Waals surface area (Å²) < 4.78 is 5.75. The Morgan fingerprint density at radius 1 is 1.20 bits per heavy atom. The third-order valence-corrected chi connectivity index (χ3v) is 3.93. The molecule has 0 saturated heterocycles. The highest BCUT2D eigenvalue weighted by atomic mass is 16.6. The van der Waals surface area contributed by atoms with Crippen molar-refractivity contribution in [1.82, 2.24) is 5.32 Å². The fourth-order valence-electron chi connectivity index (χ4n) is 2.58. The highest BCUT2D eigenvalue weighted by Gasteiger charge is 2.17. The Hall–Kier alpha value is -2.89. The van der Waals surface area contributed by atoms with Crippen molar-refractivity contribution in [1.29, 1.82) is 0 Å². The second-order valence-electron chi connectivity index (χ2n) is 6.00. The minimum Gasteiger partial charge on any atom is -0.491 e. The van der Waals surface area contributed by atoms with Crippen LogP contribution in [0, 0.1) is 17.0 Å². The van der Waals surface area contributed by atoms with Gasteiger partial charge < -0.3 is 10.1 Å². The van der Waals surface area contributed by atoms with E-state index >= 15 is 0 Å². The van der Waals surface area contributed by atoms with Crippen molar-refractivity contribution in [2.24, 2.45) is 0 Å². The number of nitrogens with zero attached hydrogens (tertiary/aromatic N) is 1. The molecule has 2 aromatic carbocycles. The maximum absolute atomic E-state index is 12.2. The van der Waals surface area contributed by atoms with Gasteiger partial charge in [-0.1, -0.05) is 38.1 Å². The second kappa shape index (κ2) is 8.28. The average Bonchev–Trinajstić information content (AvgIpc) is 2.58. The second-order valence-corrected chi connectivity index (χ2v) is 6.00. The molecular formula is C19H22N2O4. The Morgan fingerprint density at radius 2 is 1.92 bits per heavy atom. The highest BCUT2D eigenvalue weighted by molar-refractivity contribution is 5.96. The van der Waals surface area contributed by atoms with Gasteiger partial charge in [-0.25, -0.2) is 0 Å². The molecule has 2 rings (SSSR count). The first-order valence-corrected chi connectivity index (χ1v) is 8.15. The first-order chi connectivity index (χ1) is 11.9. The van der Waals surface area contributed by atoms with Crippen LogP contribution in [0.5, 0.6) is 5.75 Å². The lowest BCUT2D eigenvalue weighted by Crippen LogP contribution is -2.28. The fourth-order valence-corrected chi connectivity index (χ4v) is 2.58. The minimum atomic E-state index is -0.488. The third kappa shape index (κ3) is 4.56. The lowest BCUT2D eigenvalue weighted by Gasteiger charge is -2.14. The van der Waals surface area contributed by atoms with Crippen molar-refractivity contribution in [2.75, 3.05) is 13.2 Å². The van der Waals surface area contributed by atoms with Crippen molar-refractivity contribution < 1.29 is 14.5 Å². The molecule has 0 heterocycles. The zero-order valence-electron chi connectivity index (χ0n) is 14.6. The molecule has 0 bridgehead atoms. The van der Waals surface area contributed by atoms with Gasteiger partial charge in [-0.05, 0) is 30.5 Å². The van der Waals surface area contributed by atoms with Crippen LogP contribution >= 0.6 is 0 Å². The molecule has 2 aromatic rings. The number of nitro groups is 1. The molecule has 0 aliphatic heterocycles. The maximum Gasteiger partial charge on any atom is 0.273 e. The zero-order chi connectivity index (χ0) is 18.4. The zero-order valence-corrected chi connectivity index (χ0v) is 14.6. The molecule has 0 spiro atoms. The van der Waals surface area contributed by atoms with Crippen LogP contribution in [0.3, 0.4) is 0 Å². The molecule has 0 aromatic heterocycles. The van der Waals surface area contributed by atoms with Crippen LogP contribution in [0.2, 0.25) is 0 Å². The van der Waals surface area contributed by atoms with Crippen LogP contribution in [0.15, 0.2) is 42.5 Å². The van der Waals surface area contributed by atoms with Gasteiger partial charge in [0.25, 0.3) is 11.6 Å². The summed E-state index contributed by atoms with van der Waals surface area (Å²) in [6.07, 6.45) is 0. The summed E-state index contributed by atoms with van der Waals surface area (Å²) in [5.41, 5.74) is 1.71. The Balaban J connectivity index is 1.94. The molecular weight excluding hydrogens is 320 g/mol. The van der Waals surface area contributed by atoms with Gasteiger partial charge in [-0.2, -0.15) is 0 Å². The molecule has 0 aliphatic rings. The summed E-state index contributed by atoms with van der Waals surface area (Å²) in [7, 11) is 0. The number of carbonyl (C=O) groups excluding carboxylic acids is 1. The predicted molar refractivity (Wildman–Crippen MR) is 96.2 cm³/mol. The van der Waals surface area contributed by atoms with Crippen LogP contribution in [0.4, 0.5) is 5.69 Å². The molecule has 0 saturated carbocycles.